The van der Waals surface area contributed by atoms with Crippen molar-refractivity contribution in [1.82, 2.24) is 10.6 Å². The van der Waals surface area contributed by atoms with E-state index in [-0.39, 0.29) is 74.7 Å². The Labute approximate surface area is 529 Å². The molecule has 0 aliphatic carbocycles. The van der Waals surface area contributed by atoms with Crippen LogP contribution < -0.4 is 41.7 Å². The van der Waals surface area contributed by atoms with Gasteiger partial charge >= 0.3 is 12.1 Å². The summed E-state index contributed by atoms with van der Waals surface area (Å²) >= 11 is 3.15. The molecule has 2 aromatic carbocycles. The van der Waals surface area contributed by atoms with Gasteiger partial charge in [0.25, 0.3) is 0 Å². The first-order chi connectivity index (χ1) is 40.5. The van der Waals surface area contributed by atoms with E-state index in [2.05, 4.69) is 10.6 Å². The van der Waals surface area contributed by atoms with E-state index in [9.17, 15) is 43.2 Å². The molecule has 6 atom stereocenters. The quantitative estimate of drug-likeness (QED) is 0.0490. The van der Waals surface area contributed by atoms with Crippen molar-refractivity contribution >= 4 is 98.6 Å². The molecule has 2 fully saturated rings. The van der Waals surface area contributed by atoms with Crippen LogP contribution in [-0.4, -0.2) is 100 Å². The number of carboxylic acid groups (broad SMARTS) is 1. The van der Waals surface area contributed by atoms with Gasteiger partial charge in [0.2, 0.25) is 29.5 Å². The van der Waals surface area contributed by atoms with Crippen LogP contribution in [0.15, 0.2) is 70.1 Å². The molecule has 6 heterocycles. The van der Waals surface area contributed by atoms with Crippen molar-refractivity contribution in [2.75, 3.05) is 32.7 Å². The van der Waals surface area contributed by atoms with Gasteiger partial charge in [-0.2, -0.15) is 22.7 Å². The van der Waals surface area contributed by atoms with Crippen LogP contribution in [-0.2, 0) is 69.0 Å². The average molecular weight is 1260 g/mol. The number of anilines is 4. The molecule has 484 valence electrons. The number of rotatable bonds is 22. The van der Waals surface area contributed by atoms with Gasteiger partial charge in [-0.1, -0.05) is 80.7 Å². The normalized spacial score (nSPS) is 18.4. The van der Waals surface area contributed by atoms with Crippen molar-refractivity contribution in [3.05, 3.63) is 92.3 Å². The van der Waals surface area contributed by atoms with Crippen LogP contribution in [0.3, 0.4) is 0 Å². The molecule has 88 heavy (non-hydrogen) atoms. The molecule has 6 amide bonds. The highest BCUT2D eigenvalue weighted by molar-refractivity contribution is 7.08. The molecule has 4 aromatic rings. The summed E-state index contributed by atoms with van der Waals surface area (Å²) in [7, 11) is 0. The Kier molecular flexibility index (Phi) is 26.9. The fraction of sp³-hybridized carbons (Fsp3) is 0.567. The summed E-state index contributed by atoms with van der Waals surface area (Å²) in [4.78, 5) is 121. The van der Waals surface area contributed by atoms with Crippen molar-refractivity contribution < 1.29 is 53.0 Å². The number of nitrogens with zero attached hydrogens (tertiary/aromatic N) is 4. The Morgan fingerprint density at radius 3 is 1.50 bits per heavy atom. The van der Waals surface area contributed by atoms with E-state index < -0.39 is 52.7 Å². The number of fused-ring (bicyclic) bond motifs is 2. The summed E-state index contributed by atoms with van der Waals surface area (Å²) in [6, 6.07) is 14.5. The number of benzene rings is 2. The lowest BCUT2D eigenvalue weighted by atomic mass is 9.84. The zero-order chi connectivity index (χ0) is 63.4. The molecule has 0 spiro atoms. The van der Waals surface area contributed by atoms with Crippen LogP contribution in [0.25, 0.3) is 0 Å². The van der Waals surface area contributed by atoms with Gasteiger partial charge in [-0.05, 0) is 166 Å². The molecule has 0 radical (unpaired) electrons. The van der Waals surface area contributed by atoms with E-state index >= 15 is 0 Å². The predicted molar refractivity (Wildman–Crippen MR) is 352 cm³/mol. The van der Waals surface area contributed by atoms with Gasteiger partial charge < -0.3 is 51.5 Å². The number of carbonyl (C=O) groups excluding carboxylic acids is 8. The second-order valence-corrected chi connectivity index (χ2v) is 27.0. The fourth-order valence-corrected chi connectivity index (χ4v) is 12.3. The Balaban J connectivity index is 0.000000305. The van der Waals surface area contributed by atoms with Crippen molar-refractivity contribution in [2.45, 2.75) is 210 Å². The van der Waals surface area contributed by atoms with Crippen LogP contribution in [0.2, 0.25) is 0 Å². The number of hydrogen-bond donors (Lipinski definition) is 5. The van der Waals surface area contributed by atoms with Gasteiger partial charge in [-0.15, -0.1) is 0 Å². The number of ether oxygens (including phenoxy) is 1. The molecule has 7 N–H and O–H groups in total. The van der Waals surface area contributed by atoms with Crippen LogP contribution in [0.4, 0.5) is 27.5 Å². The smallest absolute Gasteiger partial charge is 0.408 e. The fourth-order valence-electron chi connectivity index (χ4n) is 10.9. The molecular formula is C67H98N8O11S2. The number of carboxylic acids is 1. The maximum atomic E-state index is 14.0. The number of aliphatic carboxylic acids is 1. The van der Waals surface area contributed by atoms with Crippen LogP contribution in [0, 0.1) is 23.7 Å². The second-order valence-electron chi connectivity index (χ2n) is 25.4. The van der Waals surface area contributed by atoms with E-state index in [1.807, 2.05) is 105 Å². The summed E-state index contributed by atoms with van der Waals surface area (Å²) in [5.41, 5.74) is 16.4. The zero-order valence-corrected chi connectivity index (χ0v) is 53.6. The molecule has 4 aliphatic heterocycles. The number of nitrogens with one attached hydrogen (secondary N) is 2. The highest BCUT2D eigenvalue weighted by Gasteiger charge is 2.42. The van der Waals surface area contributed by atoms with Crippen molar-refractivity contribution in [3.63, 3.8) is 0 Å². The van der Waals surface area contributed by atoms with Crippen LogP contribution in [0.1, 0.15) is 177 Å². The second kappa shape index (κ2) is 32.1. The van der Waals surface area contributed by atoms with Gasteiger partial charge in [-0.25, -0.2) is 9.59 Å². The first kappa shape index (κ1) is 73.7. The van der Waals surface area contributed by atoms with Gasteiger partial charge in [0.15, 0.2) is 5.78 Å². The summed E-state index contributed by atoms with van der Waals surface area (Å²) in [5.74, 6) is -2.18. The van der Waals surface area contributed by atoms with Crippen molar-refractivity contribution in [1.29, 1.82) is 0 Å². The Hall–Kier alpha value is -6.81. The first-order valence-corrected chi connectivity index (χ1v) is 32.0. The molecule has 0 saturated carbocycles. The number of thiophene rings is 2. The minimum atomic E-state index is -1.28. The number of amides is 6. The molecule has 2 aromatic heterocycles. The Morgan fingerprint density at radius 1 is 0.682 bits per heavy atom. The third-order valence-electron chi connectivity index (χ3n) is 16.1. The summed E-state index contributed by atoms with van der Waals surface area (Å²) < 4.78 is 4.97. The molecule has 2 saturated heterocycles. The third kappa shape index (κ3) is 19.1. The van der Waals surface area contributed by atoms with Crippen LogP contribution >= 0.6 is 22.7 Å². The first-order valence-electron chi connectivity index (χ1n) is 30.1. The predicted octanol–water partition coefficient (Wildman–Crippen LogP) is 11.1. The SMILES string of the molecule is C.C.CC(C)C[C@@H](N)C(=O)CC1Cc2cccc(N3CCCC3=O)c2N(Cc2ccsc2)C1=O.CC[C@](C)(N)C(=O)N[C@H](CC(C)C)C(=O)CC1Cc2cccc(N3CCCC3=O)c2N(Cc2ccsc2)C1=O.CC[C@](C)(NC(=O)OC(C)(C)C)C(=O)O. The maximum absolute atomic E-state index is 14.0. The Bertz CT molecular complexity index is 3060. The molecular weight excluding hydrogens is 1160 g/mol. The van der Waals surface area contributed by atoms with Crippen molar-refractivity contribution in [3.8, 4) is 0 Å². The topological polar surface area (TPSA) is 272 Å². The van der Waals surface area contributed by atoms with Crippen LogP contribution in [0.5, 0.6) is 0 Å². The van der Waals surface area contributed by atoms with Gasteiger partial charge in [-0.3, -0.25) is 33.6 Å². The summed E-state index contributed by atoms with van der Waals surface area (Å²) in [5, 5.41) is 22.1. The number of Topliss-reactive ketones (excluding diaryl/α,β-unsaturated/α-hetero) is 2. The Morgan fingerprint density at radius 2 is 1.14 bits per heavy atom. The lowest BCUT2D eigenvalue weighted by Crippen LogP contribution is -2.56. The summed E-state index contributed by atoms with van der Waals surface area (Å²) in [6.07, 6.45) is 4.84. The van der Waals surface area contributed by atoms with Crippen molar-refractivity contribution in [2.24, 2.45) is 35.1 Å². The number of para-hydroxylation sites is 2. The standard InChI is InChI=1S/C30H40N4O4S.C25H31N3O3S.C10H19NO4.2CH4/c1-5-30(4,31)29(38)32-23(14-19(2)3)25(35)16-22-15-21-8-6-9-24(33-12-7-10-26(33)36)27(21)34(28(22)37)17-20-11-13-39-18-20;1-16(2)11-20(26)22(29)13-19-12-18-5-3-6-21(27-9-4-7-23(27)30)24(18)28(25(19)31)14-17-8-10-32-15-17;1-6-10(5,7(12)13)11-8(14)15-9(2,3)4;;/h6,8-9,11,13,18-19,22-23H,5,7,10,12,14-17,31H2,1-4H3,(H,32,38);3,5-6,8,10,15-16,19-20H,4,7,9,11-14,26H2,1-2H3;6H2,1-5H3,(H,11,14)(H,12,13);2*1H4/t22?,23-,30+;19?,20-;10-;;/m110../s1. The lowest BCUT2D eigenvalue weighted by molar-refractivity contribution is -0.144. The molecule has 2 unspecified atom stereocenters. The number of carbonyl (C=O) groups is 9. The minimum Gasteiger partial charge on any atom is -0.480 e. The molecule has 4 aliphatic rings. The maximum Gasteiger partial charge on any atom is 0.408 e. The van der Waals surface area contributed by atoms with Gasteiger partial charge in [0, 0.05) is 50.6 Å². The molecule has 19 nitrogen and oxygen atoms in total. The molecule has 8 rings (SSSR count). The number of nitrogens with two attached hydrogens (primary N) is 2. The van der Waals surface area contributed by atoms with E-state index in [1.54, 1.807) is 76.9 Å². The largest absolute Gasteiger partial charge is 0.480 e. The lowest BCUT2D eigenvalue weighted by Gasteiger charge is -2.37. The van der Waals surface area contributed by atoms with Gasteiger partial charge in [0.05, 0.1) is 53.5 Å². The van der Waals surface area contributed by atoms with E-state index in [0.717, 1.165) is 57.8 Å². The minimum absolute atomic E-state index is 0. The van der Waals surface area contributed by atoms with E-state index in [4.69, 9.17) is 21.3 Å². The van der Waals surface area contributed by atoms with E-state index in [1.165, 1.54) is 6.92 Å². The third-order valence-corrected chi connectivity index (χ3v) is 17.6. The number of hydrogen-bond acceptors (Lipinski definition) is 14. The van der Waals surface area contributed by atoms with E-state index in [0.29, 0.717) is 83.5 Å². The highest BCUT2D eigenvalue weighted by atomic mass is 32.1. The summed E-state index contributed by atoms with van der Waals surface area (Å²) in [6.45, 7) is 22.0. The monoisotopic (exact) mass is 1250 g/mol. The average Bonchev–Trinajstić information content (AvgIpc) is 1.20. The van der Waals surface area contributed by atoms with Gasteiger partial charge in [0.1, 0.15) is 16.9 Å². The highest BCUT2D eigenvalue weighted by Crippen LogP contribution is 2.44. The number of alkyl carbamates (subject to hydrolysis) is 1. The molecule has 0 bridgehead atoms. The number of ketones is 2. The molecule has 21 heteroatoms. The zero-order valence-electron chi connectivity index (χ0n) is 52.0.